The number of carbonyl (C=O) groups is 3. The first-order valence-corrected chi connectivity index (χ1v) is 13.3. The largest absolute Gasteiger partial charge is 0.447 e. The summed E-state index contributed by atoms with van der Waals surface area (Å²) < 4.78 is 4.69. The summed E-state index contributed by atoms with van der Waals surface area (Å²) in [5.74, 6) is 0.115. The number of rotatable bonds is 9. The van der Waals surface area contributed by atoms with Crippen molar-refractivity contribution in [2.45, 2.75) is 114 Å². The van der Waals surface area contributed by atoms with E-state index in [2.05, 4.69) is 24.5 Å². The van der Waals surface area contributed by atoms with E-state index < -0.39 is 22.9 Å². The van der Waals surface area contributed by atoms with Gasteiger partial charge in [-0.05, 0) is 77.4 Å². The number of nitrogens with two attached hydrogens (primary N) is 1. The van der Waals surface area contributed by atoms with E-state index in [0.29, 0.717) is 25.4 Å². The zero-order valence-electron chi connectivity index (χ0n) is 21.2. The lowest BCUT2D eigenvalue weighted by molar-refractivity contribution is -0.140. The van der Waals surface area contributed by atoms with Crippen molar-refractivity contribution >= 4 is 29.7 Å². The van der Waals surface area contributed by atoms with Gasteiger partial charge in [-0.25, -0.2) is 4.79 Å². The second kappa shape index (κ2) is 12.3. The molecular weight excluding hydrogens is 440 g/mol. The minimum absolute atomic E-state index is 0.103. The molecule has 0 unspecified atom stereocenters. The quantitative estimate of drug-likeness (QED) is 0.464. The Morgan fingerprint density at radius 2 is 1.73 bits per heavy atom. The van der Waals surface area contributed by atoms with Crippen LogP contribution in [0.3, 0.4) is 0 Å². The van der Waals surface area contributed by atoms with E-state index in [4.69, 9.17) is 10.5 Å². The van der Waals surface area contributed by atoms with Gasteiger partial charge in [0.25, 0.3) is 0 Å². The van der Waals surface area contributed by atoms with Gasteiger partial charge >= 0.3 is 6.09 Å². The van der Waals surface area contributed by atoms with Crippen LogP contribution in [0, 0.1) is 5.92 Å². The molecule has 0 radical (unpaired) electrons. The maximum absolute atomic E-state index is 13.7. The highest BCUT2D eigenvalue weighted by atomic mass is 32.2. The molecular formula is C24H44N4O4S. The Hall–Kier alpha value is -1.48. The summed E-state index contributed by atoms with van der Waals surface area (Å²) in [4.78, 5) is 40.8. The average molecular weight is 485 g/mol. The van der Waals surface area contributed by atoms with Gasteiger partial charge < -0.3 is 26.0 Å². The maximum Gasteiger partial charge on any atom is 0.408 e. The first-order valence-electron chi connectivity index (χ1n) is 12.4. The van der Waals surface area contributed by atoms with Crippen molar-refractivity contribution in [1.82, 2.24) is 15.5 Å². The Kier molecular flexibility index (Phi) is 10.3. The lowest BCUT2D eigenvalue weighted by atomic mass is 9.86. The molecule has 2 atom stereocenters. The van der Waals surface area contributed by atoms with Crippen molar-refractivity contribution in [2.75, 3.05) is 13.1 Å². The van der Waals surface area contributed by atoms with Gasteiger partial charge in [0.1, 0.15) is 12.1 Å². The van der Waals surface area contributed by atoms with Crippen LogP contribution in [-0.2, 0) is 14.3 Å². The summed E-state index contributed by atoms with van der Waals surface area (Å²) in [6.07, 6.45) is 4.54. The number of thioether (sulfide) groups is 1. The zero-order valence-corrected chi connectivity index (χ0v) is 22.0. The van der Waals surface area contributed by atoms with Gasteiger partial charge in [-0.1, -0.05) is 13.8 Å². The molecule has 2 rings (SSSR count). The standard InChI is InChI=1S/C24H44N4O4S/c1-15(2)32-23(31)27-20(24(5,6)33-16(3)4)22(30)28-13-7-8-19(28)21(29)26-14-17-9-11-18(25)12-10-17/h15-20H,7-14,25H2,1-6H3,(H,26,29)(H,27,31)/t17?,18?,19-,20-/m0/s1. The van der Waals surface area contributed by atoms with Crippen LogP contribution in [0.2, 0.25) is 0 Å². The molecule has 1 saturated heterocycles. The summed E-state index contributed by atoms with van der Waals surface area (Å²) >= 11 is 1.62. The number of likely N-dealkylation sites (tertiary alicyclic amines) is 1. The number of nitrogens with zero attached hydrogens (tertiary/aromatic N) is 1. The second-order valence-corrected chi connectivity index (χ2v) is 12.7. The van der Waals surface area contributed by atoms with Crippen LogP contribution in [-0.4, -0.2) is 70.1 Å². The Balaban J connectivity index is 2.09. The van der Waals surface area contributed by atoms with Crippen molar-refractivity contribution in [3.05, 3.63) is 0 Å². The van der Waals surface area contributed by atoms with Crippen molar-refractivity contribution in [3.63, 3.8) is 0 Å². The van der Waals surface area contributed by atoms with E-state index in [0.717, 1.165) is 32.1 Å². The van der Waals surface area contributed by atoms with Gasteiger partial charge in [0.05, 0.1) is 6.10 Å². The summed E-state index contributed by atoms with van der Waals surface area (Å²) in [5.41, 5.74) is 5.99. The summed E-state index contributed by atoms with van der Waals surface area (Å²) in [5, 5.41) is 6.14. The molecule has 1 saturated carbocycles. The van der Waals surface area contributed by atoms with Crippen LogP contribution in [0.1, 0.15) is 80.1 Å². The Morgan fingerprint density at radius 3 is 2.30 bits per heavy atom. The highest BCUT2D eigenvalue weighted by molar-refractivity contribution is 8.01. The third kappa shape index (κ3) is 8.35. The third-order valence-corrected chi connectivity index (χ3v) is 7.70. The predicted molar refractivity (Wildman–Crippen MR) is 133 cm³/mol. The molecule has 9 heteroatoms. The van der Waals surface area contributed by atoms with Gasteiger partial charge in [-0.3, -0.25) is 9.59 Å². The molecule has 190 valence electrons. The SMILES string of the molecule is CC(C)OC(=O)N[C@@H](C(=O)N1CCC[C@H]1C(=O)NCC1CCC(N)CC1)C(C)(C)SC(C)C. The number of alkyl carbamates (subject to hydrolysis) is 1. The fraction of sp³-hybridized carbons (Fsp3) is 0.875. The number of hydrogen-bond donors (Lipinski definition) is 3. The van der Waals surface area contributed by atoms with E-state index in [1.165, 1.54) is 0 Å². The first kappa shape index (κ1) is 27.8. The zero-order chi connectivity index (χ0) is 24.8. The maximum atomic E-state index is 13.7. The van der Waals surface area contributed by atoms with E-state index >= 15 is 0 Å². The van der Waals surface area contributed by atoms with E-state index in [9.17, 15) is 14.4 Å². The van der Waals surface area contributed by atoms with Crippen molar-refractivity contribution in [1.29, 1.82) is 0 Å². The summed E-state index contributed by atoms with van der Waals surface area (Å²) in [6, 6.07) is -1.03. The molecule has 8 nitrogen and oxygen atoms in total. The molecule has 2 fully saturated rings. The smallest absolute Gasteiger partial charge is 0.408 e. The van der Waals surface area contributed by atoms with E-state index in [-0.39, 0.29) is 29.2 Å². The monoisotopic (exact) mass is 484 g/mol. The molecule has 0 aromatic heterocycles. The normalized spacial score (nSPS) is 24.6. The molecule has 1 aliphatic heterocycles. The predicted octanol–water partition coefficient (Wildman–Crippen LogP) is 3.03. The molecule has 4 N–H and O–H groups in total. The molecule has 33 heavy (non-hydrogen) atoms. The summed E-state index contributed by atoms with van der Waals surface area (Å²) in [7, 11) is 0. The number of hydrogen-bond acceptors (Lipinski definition) is 6. The highest BCUT2D eigenvalue weighted by Gasteiger charge is 2.44. The number of carbonyl (C=O) groups excluding carboxylic acids is 3. The number of nitrogens with one attached hydrogen (secondary N) is 2. The first-order chi connectivity index (χ1) is 15.4. The summed E-state index contributed by atoms with van der Waals surface area (Å²) in [6.45, 7) is 12.7. The second-order valence-electron chi connectivity index (χ2n) is 10.5. The van der Waals surface area contributed by atoms with Gasteiger partial charge in [0.15, 0.2) is 0 Å². The van der Waals surface area contributed by atoms with Crippen LogP contribution in [0.25, 0.3) is 0 Å². The highest BCUT2D eigenvalue weighted by Crippen LogP contribution is 2.34. The van der Waals surface area contributed by atoms with Crippen LogP contribution in [0.5, 0.6) is 0 Å². The Bertz CT molecular complexity index is 677. The minimum atomic E-state index is -0.801. The lowest BCUT2D eigenvalue weighted by Crippen LogP contribution is -2.60. The van der Waals surface area contributed by atoms with Gasteiger partial charge in [-0.2, -0.15) is 11.8 Å². The van der Waals surface area contributed by atoms with E-state index in [1.807, 2.05) is 13.8 Å². The van der Waals surface area contributed by atoms with Crippen molar-refractivity contribution < 1.29 is 19.1 Å². The lowest BCUT2D eigenvalue weighted by Gasteiger charge is -2.38. The van der Waals surface area contributed by atoms with Crippen LogP contribution in [0.15, 0.2) is 0 Å². The third-order valence-electron chi connectivity index (χ3n) is 6.38. The average Bonchev–Trinajstić information content (AvgIpc) is 3.19. The van der Waals surface area contributed by atoms with Crippen LogP contribution >= 0.6 is 11.8 Å². The Morgan fingerprint density at radius 1 is 1.09 bits per heavy atom. The molecule has 1 aliphatic carbocycles. The molecule has 0 spiro atoms. The Labute approximate surface area is 203 Å². The van der Waals surface area contributed by atoms with Crippen LogP contribution < -0.4 is 16.4 Å². The molecule has 0 aromatic carbocycles. The van der Waals surface area contributed by atoms with Crippen molar-refractivity contribution in [3.8, 4) is 0 Å². The molecule has 0 bridgehead atoms. The van der Waals surface area contributed by atoms with Gasteiger partial charge in [-0.15, -0.1) is 0 Å². The molecule has 1 heterocycles. The topological polar surface area (TPSA) is 114 Å². The molecule has 2 aliphatic rings. The van der Waals surface area contributed by atoms with Crippen molar-refractivity contribution in [2.24, 2.45) is 11.7 Å². The molecule has 0 aromatic rings. The van der Waals surface area contributed by atoms with Gasteiger partial charge in [0.2, 0.25) is 11.8 Å². The number of ether oxygens (including phenoxy) is 1. The van der Waals surface area contributed by atoms with Crippen LogP contribution in [0.4, 0.5) is 4.79 Å². The van der Waals surface area contributed by atoms with Gasteiger partial charge in [0, 0.05) is 23.9 Å². The fourth-order valence-corrected chi connectivity index (χ4v) is 6.31. The molecule has 3 amide bonds. The fourth-order valence-electron chi connectivity index (χ4n) is 4.80. The van der Waals surface area contributed by atoms with E-state index in [1.54, 1.807) is 30.5 Å². The number of amides is 3. The minimum Gasteiger partial charge on any atom is -0.447 e.